The van der Waals surface area contributed by atoms with Crippen molar-refractivity contribution < 1.29 is 4.74 Å². The number of hydrogen-bond donors (Lipinski definition) is 0. The van der Waals surface area contributed by atoms with E-state index in [-0.39, 0.29) is 5.41 Å². The van der Waals surface area contributed by atoms with Crippen molar-refractivity contribution in [1.29, 1.82) is 0 Å². The normalized spacial score (nSPS) is 21.5. The molecule has 0 spiro atoms. The average molecular weight is 254 g/mol. The monoisotopic (exact) mass is 254 g/mol. The molecule has 0 aliphatic carbocycles. The smallest absolute Gasteiger partial charge is 0.0982 e. The van der Waals surface area contributed by atoms with Gasteiger partial charge in [0.2, 0.25) is 0 Å². The Morgan fingerprint density at radius 1 is 1.53 bits per heavy atom. The van der Waals surface area contributed by atoms with Gasteiger partial charge in [0.25, 0.3) is 0 Å². The lowest BCUT2D eigenvalue weighted by molar-refractivity contribution is 0.0171. The van der Waals surface area contributed by atoms with Crippen LogP contribution in [0.3, 0.4) is 0 Å². The van der Waals surface area contributed by atoms with Crippen LogP contribution in [0.2, 0.25) is 0 Å². The minimum Gasteiger partial charge on any atom is -0.383 e. The highest BCUT2D eigenvalue weighted by Crippen LogP contribution is 2.27. The van der Waals surface area contributed by atoms with Crippen molar-refractivity contribution in [2.75, 3.05) is 20.3 Å². The van der Waals surface area contributed by atoms with E-state index in [0.29, 0.717) is 6.04 Å². The second kappa shape index (κ2) is 5.04. The molecular weight excluding hydrogens is 232 g/mol. The van der Waals surface area contributed by atoms with E-state index in [9.17, 15) is 0 Å². The summed E-state index contributed by atoms with van der Waals surface area (Å²) >= 11 is 1.78. The quantitative estimate of drug-likeness (QED) is 0.826. The first kappa shape index (κ1) is 13.0. The lowest BCUT2D eigenvalue weighted by Crippen LogP contribution is -2.49. The third-order valence-electron chi connectivity index (χ3n) is 3.18. The molecule has 2 heterocycles. The number of methoxy groups -OCH3 is 1. The van der Waals surface area contributed by atoms with Crippen molar-refractivity contribution in [3.63, 3.8) is 0 Å². The Balaban J connectivity index is 1.93. The number of nitrogens with zero attached hydrogens (tertiary/aromatic N) is 2. The van der Waals surface area contributed by atoms with Crippen molar-refractivity contribution in [3.8, 4) is 0 Å². The minimum absolute atomic E-state index is 0.170. The van der Waals surface area contributed by atoms with Gasteiger partial charge in [-0.15, -0.1) is 11.3 Å². The van der Waals surface area contributed by atoms with Crippen molar-refractivity contribution in [2.45, 2.75) is 45.2 Å². The molecule has 1 atom stereocenters. The van der Waals surface area contributed by atoms with Gasteiger partial charge in [0.05, 0.1) is 17.3 Å². The molecule has 96 valence electrons. The standard InChI is InChI=1S/C13H22N2OS/c1-13(2,3)12-14-10(9-17-12)7-15-6-5-11(15)8-16-4/h9,11H,5-8H2,1-4H3. The minimum atomic E-state index is 0.170. The summed E-state index contributed by atoms with van der Waals surface area (Å²) in [6, 6.07) is 0.597. The molecule has 17 heavy (non-hydrogen) atoms. The number of rotatable bonds is 4. The summed E-state index contributed by atoms with van der Waals surface area (Å²) in [6.07, 6.45) is 1.25. The van der Waals surface area contributed by atoms with Gasteiger partial charge in [0.1, 0.15) is 0 Å². The molecule has 0 aromatic carbocycles. The number of likely N-dealkylation sites (tertiary alicyclic amines) is 1. The Bertz CT molecular complexity index is 370. The van der Waals surface area contributed by atoms with E-state index in [1.165, 1.54) is 23.7 Å². The van der Waals surface area contributed by atoms with Crippen LogP contribution in [-0.2, 0) is 16.7 Å². The Labute approximate surface area is 108 Å². The predicted octanol–water partition coefficient (Wildman–Crippen LogP) is 2.66. The molecule has 1 unspecified atom stereocenters. The van der Waals surface area contributed by atoms with Gasteiger partial charge in [-0.3, -0.25) is 4.90 Å². The van der Waals surface area contributed by atoms with E-state index in [0.717, 1.165) is 13.2 Å². The fourth-order valence-corrected chi connectivity index (χ4v) is 2.91. The molecule has 1 aliphatic heterocycles. The van der Waals surface area contributed by atoms with Gasteiger partial charge < -0.3 is 4.74 Å². The van der Waals surface area contributed by atoms with E-state index in [1.54, 1.807) is 18.4 Å². The largest absolute Gasteiger partial charge is 0.383 e. The van der Waals surface area contributed by atoms with E-state index in [2.05, 4.69) is 31.1 Å². The van der Waals surface area contributed by atoms with Crippen LogP contribution in [0.15, 0.2) is 5.38 Å². The molecule has 0 amide bonds. The lowest BCUT2D eigenvalue weighted by atomic mass is 9.98. The lowest BCUT2D eigenvalue weighted by Gasteiger charge is -2.40. The molecule has 1 fully saturated rings. The van der Waals surface area contributed by atoms with Crippen molar-refractivity contribution in [3.05, 3.63) is 16.1 Å². The SMILES string of the molecule is COCC1CCN1Cc1csc(C(C)(C)C)n1. The Morgan fingerprint density at radius 3 is 2.76 bits per heavy atom. The highest BCUT2D eigenvalue weighted by atomic mass is 32.1. The topological polar surface area (TPSA) is 25.4 Å². The first-order valence-corrected chi connectivity index (χ1v) is 7.06. The third-order valence-corrected chi connectivity index (χ3v) is 4.50. The molecule has 1 aromatic rings. The van der Waals surface area contributed by atoms with E-state index in [4.69, 9.17) is 9.72 Å². The maximum absolute atomic E-state index is 5.21. The van der Waals surface area contributed by atoms with Crippen LogP contribution in [0.5, 0.6) is 0 Å². The summed E-state index contributed by atoms with van der Waals surface area (Å²) < 4.78 is 5.21. The summed E-state index contributed by atoms with van der Waals surface area (Å²) in [6.45, 7) is 9.64. The van der Waals surface area contributed by atoms with Gasteiger partial charge in [-0.2, -0.15) is 0 Å². The molecule has 0 radical (unpaired) electrons. The zero-order valence-electron chi connectivity index (χ0n) is 11.2. The number of thiazole rings is 1. The average Bonchev–Trinajstić information content (AvgIpc) is 2.69. The molecule has 0 saturated carbocycles. The first-order chi connectivity index (χ1) is 8.00. The third kappa shape index (κ3) is 3.06. The first-order valence-electron chi connectivity index (χ1n) is 6.18. The van der Waals surface area contributed by atoms with E-state index < -0.39 is 0 Å². The van der Waals surface area contributed by atoms with E-state index in [1.807, 2.05) is 0 Å². The van der Waals surface area contributed by atoms with Crippen LogP contribution in [-0.4, -0.2) is 36.2 Å². The van der Waals surface area contributed by atoms with Crippen molar-refractivity contribution in [1.82, 2.24) is 9.88 Å². The summed E-state index contributed by atoms with van der Waals surface area (Å²) in [4.78, 5) is 7.18. The molecule has 1 aromatic heterocycles. The van der Waals surface area contributed by atoms with Crippen LogP contribution in [0.1, 0.15) is 37.9 Å². The van der Waals surface area contributed by atoms with Gasteiger partial charge in [-0.05, 0) is 6.42 Å². The van der Waals surface area contributed by atoms with Gasteiger partial charge in [0.15, 0.2) is 0 Å². The molecular formula is C13H22N2OS. The summed E-state index contributed by atoms with van der Waals surface area (Å²) in [5, 5.41) is 3.43. The Hall–Kier alpha value is -0.450. The molecule has 0 N–H and O–H groups in total. The van der Waals surface area contributed by atoms with Crippen LogP contribution >= 0.6 is 11.3 Å². The summed E-state index contributed by atoms with van der Waals surface area (Å²) in [7, 11) is 1.77. The highest BCUT2D eigenvalue weighted by molar-refractivity contribution is 7.09. The van der Waals surface area contributed by atoms with Crippen molar-refractivity contribution in [2.24, 2.45) is 0 Å². The maximum atomic E-state index is 5.21. The summed E-state index contributed by atoms with van der Waals surface area (Å²) in [5.74, 6) is 0. The van der Waals surface area contributed by atoms with Crippen LogP contribution < -0.4 is 0 Å². The maximum Gasteiger partial charge on any atom is 0.0982 e. The van der Waals surface area contributed by atoms with Crippen LogP contribution in [0.25, 0.3) is 0 Å². The number of aromatic nitrogens is 1. The summed E-state index contributed by atoms with van der Waals surface area (Å²) in [5.41, 5.74) is 1.38. The zero-order valence-corrected chi connectivity index (χ0v) is 12.0. The Kier molecular flexibility index (Phi) is 3.85. The van der Waals surface area contributed by atoms with Crippen LogP contribution in [0, 0.1) is 0 Å². The second-order valence-corrected chi connectivity index (χ2v) is 6.62. The molecule has 1 aliphatic rings. The van der Waals surface area contributed by atoms with Gasteiger partial charge >= 0.3 is 0 Å². The zero-order chi connectivity index (χ0) is 12.5. The number of ether oxygens (including phenoxy) is 1. The van der Waals surface area contributed by atoms with Crippen LogP contribution in [0.4, 0.5) is 0 Å². The molecule has 2 rings (SSSR count). The molecule has 4 heteroatoms. The second-order valence-electron chi connectivity index (χ2n) is 5.76. The fraction of sp³-hybridized carbons (Fsp3) is 0.769. The molecule has 3 nitrogen and oxygen atoms in total. The molecule has 0 bridgehead atoms. The Morgan fingerprint density at radius 2 is 2.29 bits per heavy atom. The predicted molar refractivity (Wildman–Crippen MR) is 71.5 cm³/mol. The number of hydrogen-bond acceptors (Lipinski definition) is 4. The van der Waals surface area contributed by atoms with Crippen molar-refractivity contribution >= 4 is 11.3 Å². The highest BCUT2D eigenvalue weighted by Gasteiger charge is 2.28. The molecule has 1 saturated heterocycles. The van der Waals surface area contributed by atoms with E-state index >= 15 is 0 Å². The van der Waals surface area contributed by atoms with Gasteiger partial charge in [-0.25, -0.2) is 4.98 Å². The van der Waals surface area contributed by atoms with Gasteiger partial charge in [0, 0.05) is 37.0 Å². The fourth-order valence-electron chi connectivity index (χ4n) is 2.02. The van der Waals surface area contributed by atoms with Gasteiger partial charge in [-0.1, -0.05) is 20.8 Å².